The van der Waals surface area contributed by atoms with Gasteiger partial charge in [0.25, 0.3) is 5.78 Å². The number of nitrogens with one attached hydrogen (secondary N) is 1. The van der Waals surface area contributed by atoms with E-state index in [0.717, 1.165) is 42.4 Å². The minimum Gasteiger partial charge on any atom is -0.491 e. The van der Waals surface area contributed by atoms with Crippen molar-refractivity contribution in [3.8, 4) is 5.75 Å². The molecule has 0 aliphatic carbocycles. The summed E-state index contributed by atoms with van der Waals surface area (Å²) in [4.78, 5) is 8.71. The van der Waals surface area contributed by atoms with Gasteiger partial charge in [0.15, 0.2) is 0 Å². The highest BCUT2D eigenvalue weighted by Gasteiger charge is 2.16. The number of hydrogen-bond acceptors (Lipinski definition) is 6. The van der Waals surface area contributed by atoms with Gasteiger partial charge in [0, 0.05) is 24.1 Å². The lowest BCUT2D eigenvalue weighted by atomic mass is 10.2. The molecule has 0 spiro atoms. The largest absolute Gasteiger partial charge is 0.491 e. The SMILES string of the molecule is Cc1cc(Nc2ccc(OCC3CCCO3)cc2)n2nc(C)nc2n1. The normalized spacial score (nSPS) is 17.1. The molecule has 25 heavy (non-hydrogen) atoms. The third-order valence-electron chi connectivity index (χ3n) is 4.13. The van der Waals surface area contributed by atoms with Gasteiger partial charge in [0.2, 0.25) is 0 Å². The molecule has 1 aromatic carbocycles. The summed E-state index contributed by atoms with van der Waals surface area (Å²) in [6, 6.07) is 9.82. The monoisotopic (exact) mass is 339 g/mol. The summed E-state index contributed by atoms with van der Waals surface area (Å²) in [6.07, 6.45) is 2.42. The van der Waals surface area contributed by atoms with Crippen molar-refractivity contribution in [3.63, 3.8) is 0 Å². The molecule has 1 fully saturated rings. The minimum absolute atomic E-state index is 0.224. The third kappa shape index (κ3) is 3.56. The van der Waals surface area contributed by atoms with Gasteiger partial charge in [-0.05, 0) is 51.0 Å². The van der Waals surface area contributed by atoms with Crippen molar-refractivity contribution < 1.29 is 9.47 Å². The van der Waals surface area contributed by atoms with Crippen molar-refractivity contribution >= 4 is 17.3 Å². The number of hydrogen-bond donors (Lipinski definition) is 1. The summed E-state index contributed by atoms with van der Waals surface area (Å²) in [7, 11) is 0. The van der Waals surface area contributed by atoms with Crippen LogP contribution in [0.2, 0.25) is 0 Å². The lowest BCUT2D eigenvalue weighted by molar-refractivity contribution is 0.0679. The van der Waals surface area contributed by atoms with Gasteiger partial charge >= 0.3 is 0 Å². The molecule has 4 rings (SSSR count). The zero-order valence-corrected chi connectivity index (χ0v) is 14.4. The van der Waals surface area contributed by atoms with Gasteiger partial charge < -0.3 is 14.8 Å². The van der Waals surface area contributed by atoms with E-state index in [2.05, 4.69) is 20.4 Å². The molecule has 3 heterocycles. The maximum atomic E-state index is 5.80. The van der Waals surface area contributed by atoms with Crippen LogP contribution in [-0.4, -0.2) is 38.9 Å². The second kappa shape index (κ2) is 6.68. The number of nitrogens with zero attached hydrogens (tertiary/aromatic N) is 4. The number of anilines is 2. The Kier molecular flexibility index (Phi) is 4.23. The lowest BCUT2D eigenvalue weighted by Gasteiger charge is -2.12. The molecule has 1 unspecified atom stereocenters. The van der Waals surface area contributed by atoms with E-state index in [9.17, 15) is 0 Å². The van der Waals surface area contributed by atoms with Crippen LogP contribution in [0.3, 0.4) is 0 Å². The van der Waals surface area contributed by atoms with Crippen molar-refractivity contribution in [1.82, 2.24) is 19.6 Å². The zero-order chi connectivity index (χ0) is 17.2. The van der Waals surface area contributed by atoms with Crippen LogP contribution in [0.25, 0.3) is 5.78 Å². The molecule has 2 aromatic heterocycles. The Balaban J connectivity index is 1.47. The number of aryl methyl sites for hydroxylation is 2. The fourth-order valence-electron chi connectivity index (χ4n) is 2.92. The van der Waals surface area contributed by atoms with Gasteiger partial charge in [0.05, 0.1) is 6.10 Å². The molecule has 3 aromatic rings. The molecule has 1 aliphatic rings. The van der Waals surface area contributed by atoms with Gasteiger partial charge in [-0.25, -0.2) is 4.98 Å². The summed E-state index contributed by atoms with van der Waals surface area (Å²) < 4.78 is 13.1. The number of benzene rings is 1. The quantitative estimate of drug-likeness (QED) is 0.770. The Labute approximate surface area is 146 Å². The van der Waals surface area contributed by atoms with E-state index in [0.29, 0.717) is 18.2 Å². The molecule has 1 atom stereocenters. The van der Waals surface area contributed by atoms with Gasteiger partial charge in [-0.2, -0.15) is 9.50 Å². The molecule has 1 saturated heterocycles. The van der Waals surface area contributed by atoms with Crippen molar-refractivity contribution in [2.24, 2.45) is 0 Å². The summed E-state index contributed by atoms with van der Waals surface area (Å²) in [5, 5.41) is 7.75. The topological polar surface area (TPSA) is 73.6 Å². The minimum atomic E-state index is 0.224. The van der Waals surface area contributed by atoms with Crippen LogP contribution in [0, 0.1) is 13.8 Å². The van der Waals surface area contributed by atoms with Crippen molar-refractivity contribution in [2.75, 3.05) is 18.5 Å². The predicted molar refractivity (Wildman–Crippen MR) is 94.4 cm³/mol. The van der Waals surface area contributed by atoms with Crippen LogP contribution in [0.4, 0.5) is 11.5 Å². The molecular weight excluding hydrogens is 318 g/mol. The Bertz CT molecular complexity index is 869. The first-order valence-corrected chi connectivity index (χ1v) is 8.50. The molecule has 1 aliphatic heterocycles. The highest BCUT2D eigenvalue weighted by molar-refractivity contribution is 5.59. The molecule has 130 valence electrons. The first kappa shape index (κ1) is 15.8. The molecule has 7 nitrogen and oxygen atoms in total. The zero-order valence-electron chi connectivity index (χ0n) is 14.4. The van der Waals surface area contributed by atoms with Gasteiger partial charge in [0.1, 0.15) is 24.0 Å². The molecule has 1 N–H and O–H groups in total. The molecule has 0 radical (unpaired) electrons. The lowest BCUT2D eigenvalue weighted by Crippen LogP contribution is -2.16. The third-order valence-corrected chi connectivity index (χ3v) is 4.13. The molecule has 7 heteroatoms. The van der Waals surface area contributed by atoms with Crippen LogP contribution >= 0.6 is 0 Å². The van der Waals surface area contributed by atoms with Crippen LogP contribution in [0.1, 0.15) is 24.4 Å². The van der Waals surface area contributed by atoms with Crippen LogP contribution < -0.4 is 10.1 Å². The van der Waals surface area contributed by atoms with E-state index < -0.39 is 0 Å². The number of rotatable bonds is 5. The average Bonchev–Trinajstić information content (AvgIpc) is 3.23. The van der Waals surface area contributed by atoms with E-state index >= 15 is 0 Å². The molecular formula is C18H21N5O2. The molecule has 0 amide bonds. The molecule has 0 saturated carbocycles. The van der Waals surface area contributed by atoms with Gasteiger partial charge in [-0.1, -0.05) is 0 Å². The fourth-order valence-corrected chi connectivity index (χ4v) is 2.92. The van der Waals surface area contributed by atoms with Gasteiger partial charge in [-0.15, -0.1) is 5.10 Å². The van der Waals surface area contributed by atoms with Crippen LogP contribution in [-0.2, 0) is 4.74 Å². The van der Waals surface area contributed by atoms with Crippen LogP contribution in [0.15, 0.2) is 30.3 Å². The highest BCUT2D eigenvalue weighted by Crippen LogP contribution is 2.22. The fraction of sp³-hybridized carbons (Fsp3) is 0.389. The summed E-state index contributed by atoms with van der Waals surface area (Å²) >= 11 is 0. The number of ether oxygens (including phenoxy) is 2. The predicted octanol–water partition coefficient (Wildman–Crippen LogP) is 3.04. The van der Waals surface area contributed by atoms with E-state index in [1.807, 2.05) is 44.2 Å². The number of aromatic nitrogens is 4. The number of fused-ring (bicyclic) bond motifs is 1. The van der Waals surface area contributed by atoms with Crippen molar-refractivity contribution in [3.05, 3.63) is 41.9 Å². The highest BCUT2D eigenvalue weighted by atomic mass is 16.5. The van der Waals surface area contributed by atoms with Crippen LogP contribution in [0.5, 0.6) is 5.75 Å². The second-order valence-corrected chi connectivity index (χ2v) is 6.25. The summed E-state index contributed by atoms with van der Waals surface area (Å²) in [5.41, 5.74) is 1.84. The first-order chi connectivity index (χ1) is 12.2. The Morgan fingerprint density at radius 3 is 2.84 bits per heavy atom. The van der Waals surface area contributed by atoms with Crippen molar-refractivity contribution in [1.29, 1.82) is 0 Å². The average molecular weight is 339 g/mol. The van der Waals surface area contributed by atoms with Gasteiger partial charge in [-0.3, -0.25) is 0 Å². The van der Waals surface area contributed by atoms with E-state index in [1.54, 1.807) is 4.52 Å². The maximum absolute atomic E-state index is 5.80. The molecule has 0 bridgehead atoms. The standard InChI is InChI=1S/C18H21N5O2/c1-12-10-17(23-18(19-12)20-13(2)22-23)21-14-5-7-15(8-6-14)25-11-16-4-3-9-24-16/h5-8,10,16,21H,3-4,9,11H2,1-2H3. The van der Waals surface area contributed by atoms with E-state index in [-0.39, 0.29) is 6.10 Å². The van der Waals surface area contributed by atoms with E-state index in [4.69, 9.17) is 9.47 Å². The van der Waals surface area contributed by atoms with Crippen molar-refractivity contribution in [2.45, 2.75) is 32.8 Å². The smallest absolute Gasteiger partial charge is 0.254 e. The summed E-state index contributed by atoms with van der Waals surface area (Å²) in [6.45, 7) is 5.25. The van der Waals surface area contributed by atoms with E-state index in [1.165, 1.54) is 0 Å². The Morgan fingerprint density at radius 2 is 2.08 bits per heavy atom. The Hall–Kier alpha value is -2.67. The Morgan fingerprint density at radius 1 is 1.24 bits per heavy atom. The first-order valence-electron chi connectivity index (χ1n) is 8.50. The second-order valence-electron chi connectivity index (χ2n) is 6.25. The maximum Gasteiger partial charge on any atom is 0.254 e. The summed E-state index contributed by atoms with van der Waals surface area (Å²) in [5.74, 6) is 2.96.